The molecule has 1 fully saturated rings. The minimum Gasteiger partial charge on any atom is -0.507 e. The summed E-state index contributed by atoms with van der Waals surface area (Å²) in [4.78, 5) is 27.2. The SMILES string of the molecule is COc1ccc(/C(O)=C2\C(=O)C(=O)N(c3ccc(F)cc3)C2c2ccccc2F)c(C)c1. The third kappa shape index (κ3) is 3.51. The molecule has 5 nitrogen and oxygen atoms in total. The topological polar surface area (TPSA) is 66.8 Å². The van der Waals surface area contributed by atoms with Gasteiger partial charge in [0.15, 0.2) is 0 Å². The van der Waals surface area contributed by atoms with Gasteiger partial charge in [-0.2, -0.15) is 0 Å². The molecule has 162 valence electrons. The largest absolute Gasteiger partial charge is 0.507 e. The Labute approximate surface area is 183 Å². The molecule has 1 atom stereocenters. The maximum atomic E-state index is 14.8. The predicted octanol–water partition coefficient (Wildman–Crippen LogP) is 4.91. The van der Waals surface area contributed by atoms with E-state index in [2.05, 4.69) is 0 Å². The Kier molecular flexibility index (Phi) is 5.48. The third-order valence-electron chi connectivity index (χ3n) is 5.44. The van der Waals surface area contributed by atoms with E-state index < -0.39 is 35.1 Å². The van der Waals surface area contributed by atoms with E-state index >= 15 is 0 Å². The van der Waals surface area contributed by atoms with E-state index in [-0.39, 0.29) is 16.8 Å². The molecule has 1 N–H and O–H groups in total. The average molecular weight is 435 g/mol. The number of carbonyl (C=O) groups is 2. The molecule has 0 saturated carbocycles. The van der Waals surface area contributed by atoms with Gasteiger partial charge in [-0.1, -0.05) is 18.2 Å². The van der Waals surface area contributed by atoms with E-state index in [1.54, 1.807) is 31.2 Å². The van der Waals surface area contributed by atoms with Crippen LogP contribution < -0.4 is 9.64 Å². The van der Waals surface area contributed by atoms with Gasteiger partial charge in [-0.05, 0) is 61.0 Å². The number of hydrogen-bond donors (Lipinski definition) is 1. The lowest BCUT2D eigenvalue weighted by molar-refractivity contribution is -0.132. The van der Waals surface area contributed by atoms with Crippen LogP contribution in [-0.4, -0.2) is 23.9 Å². The van der Waals surface area contributed by atoms with Crippen LogP contribution in [-0.2, 0) is 9.59 Å². The summed E-state index contributed by atoms with van der Waals surface area (Å²) < 4.78 is 33.5. The first-order chi connectivity index (χ1) is 15.3. The number of carbonyl (C=O) groups excluding carboxylic acids is 2. The molecule has 0 radical (unpaired) electrons. The van der Waals surface area contributed by atoms with Gasteiger partial charge in [-0.25, -0.2) is 8.78 Å². The Bertz CT molecular complexity index is 1250. The van der Waals surface area contributed by atoms with Gasteiger partial charge in [-0.15, -0.1) is 0 Å². The Hall–Kier alpha value is -4.00. The average Bonchev–Trinajstić information content (AvgIpc) is 3.04. The highest BCUT2D eigenvalue weighted by Gasteiger charge is 2.47. The fraction of sp³-hybridized carbons (Fsp3) is 0.120. The molecule has 3 aromatic carbocycles. The van der Waals surface area contributed by atoms with Crippen molar-refractivity contribution in [3.05, 3.63) is 101 Å². The third-order valence-corrected chi connectivity index (χ3v) is 5.44. The molecular weight excluding hydrogens is 416 g/mol. The summed E-state index contributed by atoms with van der Waals surface area (Å²) in [5, 5.41) is 11.1. The van der Waals surface area contributed by atoms with E-state index in [0.717, 1.165) is 17.0 Å². The number of aliphatic hydroxyl groups excluding tert-OH is 1. The highest BCUT2D eigenvalue weighted by atomic mass is 19.1. The molecule has 3 aromatic rings. The van der Waals surface area contributed by atoms with Crippen molar-refractivity contribution in [2.45, 2.75) is 13.0 Å². The van der Waals surface area contributed by atoms with Crippen LogP contribution in [0.4, 0.5) is 14.5 Å². The normalized spacial score (nSPS) is 17.6. The molecule has 32 heavy (non-hydrogen) atoms. The van der Waals surface area contributed by atoms with Crippen molar-refractivity contribution in [2.75, 3.05) is 12.0 Å². The molecule has 1 saturated heterocycles. The van der Waals surface area contributed by atoms with Crippen LogP contribution in [0.1, 0.15) is 22.7 Å². The number of aryl methyl sites for hydroxylation is 1. The summed E-state index contributed by atoms with van der Waals surface area (Å²) in [5.74, 6) is -2.96. The summed E-state index contributed by atoms with van der Waals surface area (Å²) in [6, 6.07) is 14.2. The van der Waals surface area contributed by atoms with Crippen molar-refractivity contribution in [2.24, 2.45) is 0 Å². The number of rotatable bonds is 4. The standard InChI is InChI=1S/C25H19F2NO4/c1-14-13-17(32-2)11-12-18(14)23(29)21-22(19-5-3-4-6-20(19)27)28(25(31)24(21)30)16-9-7-15(26)8-10-16/h3-13,22,29H,1-2H3/b23-21+. The second kappa shape index (κ2) is 8.26. The second-order valence-electron chi connectivity index (χ2n) is 7.35. The molecule has 7 heteroatoms. The lowest BCUT2D eigenvalue weighted by atomic mass is 9.93. The maximum Gasteiger partial charge on any atom is 0.300 e. The van der Waals surface area contributed by atoms with Crippen molar-refractivity contribution in [1.29, 1.82) is 0 Å². The summed E-state index contributed by atoms with van der Waals surface area (Å²) in [6.45, 7) is 1.71. The molecule has 0 spiro atoms. The number of halogens is 2. The van der Waals surface area contributed by atoms with Crippen LogP contribution in [0.3, 0.4) is 0 Å². The number of methoxy groups -OCH3 is 1. The van der Waals surface area contributed by atoms with Crippen LogP contribution in [0.5, 0.6) is 5.75 Å². The zero-order valence-electron chi connectivity index (χ0n) is 17.3. The molecule has 1 amide bonds. The number of benzene rings is 3. The van der Waals surface area contributed by atoms with Gasteiger partial charge in [0.25, 0.3) is 11.7 Å². The van der Waals surface area contributed by atoms with Crippen molar-refractivity contribution >= 4 is 23.1 Å². The fourth-order valence-corrected chi connectivity index (χ4v) is 3.87. The number of ether oxygens (including phenoxy) is 1. The van der Waals surface area contributed by atoms with Gasteiger partial charge < -0.3 is 9.84 Å². The van der Waals surface area contributed by atoms with E-state index in [1.807, 2.05) is 0 Å². The van der Waals surface area contributed by atoms with E-state index in [4.69, 9.17) is 4.74 Å². The number of Topliss-reactive ketones (excluding diaryl/α,β-unsaturated/α-hetero) is 1. The Morgan fingerprint density at radius 3 is 2.31 bits per heavy atom. The lowest BCUT2D eigenvalue weighted by Gasteiger charge is -2.25. The van der Waals surface area contributed by atoms with Gasteiger partial charge in [0.05, 0.1) is 18.7 Å². The Morgan fingerprint density at radius 2 is 1.69 bits per heavy atom. The van der Waals surface area contributed by atoms with Crippen molar-refractivity contribution < 1.29 is 28.2 Å². The van der Waals surface area contributed by atoms with Crippen molar-refractivity contribution in [3.63, 3.8) is 0 Å². The number of aliphatic hydroxyl groups is 1. The first-order valence-electron chi connectivity index (χ1n) is 9.79. The Balaban J connectivity index is 1.97. The van der Waals surface area contributed by atoms with Gasteiger partial charge >= 0.3 is 0 Å². The molecule has 0 bridgehead atoms. The van der Waals surface area contributed by atoms with Gasteiger partial charge in [0.2, 0.25) is 0 Å². The minimum absolute atomic E-state index is 0.0312. The van der Waals surface area contributed by atoms with Crippen LogP contribution in [0, 0.1) is 18.6 Å². The first kappa shape index (κ1) is 21.2. The highest BCUT2D eigenvalue weighted by Crippen LogP contribution is 2.43. The minimum atomic E-state index is -1.23. The van der Waals surface area contributed by atoms with Crippen LogP contribution >= 0.6 is 0 Å². The summed E-state index contributed by atoms with van der Waals surface area (Å²) >= 11 is 0. The quantitative estimate of drug-likeness (QED) is 0.359. The second-order valence-corrected chi connectivity index (χ2v) is 7.35. The molecule has 4 rings (SSSR count). The van der Waals surface area contributed by atoms with Gasteiger partial charge in [0.1, 0.15) is 23.1 Å². The molecular formula is C25H19F2NO4. The van der Waals surface area contributed by atoms with Crippen molar-refractivity contribution in [1.82, 2.24) is 0 Å². The zero-order valence-corrected chi connectivity index (χ0v) is 17.3. The smallest absolute Gasteiger partial charge is 0.300 e. The lowest BCUT2D eigenvalue weighted by Crippen LogP contribution is -2.29. The van der Waals surface area contributed by atoms with Crippen LogP contribution in [0.2, 0.25) is 0 Å². The van der Waals surface area contributed by atoms with Gasteiger partial charge in [0, 0.05) is 16.8 Å². The monoisotopic (exact) mass is 435 g/mol. The van der Waals surface area contributed by atoms with Gasteiger partial charge in [-0.3, -0.25) is 14.5 Å². The van der Waals surface area contributed by atoms with Crippen molar-refractivity contribution in [3.8, 4) is 5.75 Å². The van der Waals surface area contributed by atoms with Crippen LogP contribution in [0.25, 0.3) is 5.76 Å². The summed E-state index contributed by atoms with van der Waals surface area (Å²) in [6.07, 6.45) is 0. The van der Waals surface area contributed by atoms with Crippen LogP contribution in [0.15, 0.2) is 72.3 Å². The zero-order chi connectivity index (χ0) is 23.0. The molecule has 1 heterocycles. The van der Waals surface area contributed by atoms with E-state index in [0.29, 0.717) is 16.9 Å². The molecule has 0 aliphatic carbocycles. The highest BCUT2D eigenvalue weighted by molar-refractivity contribution is 6.51. The predicted molar refractivity (Wildman–Crippen MR) is 115 cm³/mol. The molecule has 1 aliphatic rings. The number of ketones is 1. The first-order valence-corrected chi connectivity index (χ1v) is 9.79. The number of nitrogens with zero attached hydrogens (tertiary/aromatic N) is 1. The Morgan fingerprint density at radius 1 is 1.00 bits per heavy atom. The number of anilines is 1. The number of amides is 1. The summed E-state index contributed by atoms with van der Waals surface area (Å²) in [7, 11) is 1.50. The number of hydrogen-bond acceptors (Lipinski definition) is 4. The maximum absolute atomic E-state index is 14.8. The molecule has 0 aromatic heterocycles. The van der Waals surface area contributed by atoms with E-state index in [1.165, 1.54) is 37.4 Å². The van der Waals surface area contributed by atoms with E-state index in [9.17, 15) is 23.5 Å². The molecule has 1 aliphatic heterocycles. The molecule has 1 unspecified atom stereocenters. The fourth-order valence-electron chi connectivity index (χ4n) is 3.87. The summed E-state index contributed by atoms with van der Waals surface area (Å²) in [5.41, 5.74) is 0.889.